The highest BCUT2D eigenvalue weighted by atomic mass is 31.2. The van der Waals surface area contributed by atoms with Crippen molar-refractivity contribution in [1.29, 1.82) is 0 Å². The van der Waals surface area contributed by atoms with Crippen LogP contribution in [-0.4, -0.2) is 29.0 Å². The van der Waals surface area contributed by atoms with Gasteiger partial charge >= 0.3 is 20.2 Å². The lowest BCUT2D eigenvalue weighted by molar-refractivity contribution is -0.309. The molecule has 0 radical (unpaired) electrons. The standard InChI is InChI=1S/C7H9F6O4P/c1-5(2)4(16-18(14,15)17-5)3(6(8,9)10)7(11,12)13/h3-4H,1-2H3,(H,14,15). The van der Waals surface area contributed by atoms with E-state index in [2.05, 4.69) is 9.05 Å². The van der Waals surface area contributed by atoms with Crippen molar-refractivity contribution in [3.05, 3.63) is 0 Å². The maximum atomic E-state index is 12.4. The van der Waals surface area contributed by atoms with Crippen LogP contribution in [0, 0.1) is 5.92 Å². The van der Waals surface area contributed by atoms with E-state index in [9.17, 15) is 30.9 Å². The molecule has 0 saturated carbocycles. The normalized spacial score (nSPS) is 33.1. The summed E-state index contributed by atoms with van der Waals surface area (Å²) >= 11 is 0. The molecular formula is C7H9F6O4P. The van der Waals surface area contributed by atoms with E-state index < -0.39 is 37.8 Å². The number of hydrogen-bond acceptors (Lipinski definition) is 3. The van der Waals surface area contributed by atoms with Gasteiger partial charge in [-0.05, 0) is 13.8 Å². The zero-order valence-electron chi connectivity index (χ0n) is 9.04. The second kappa shape index (κ2) is 4.09. The predicted molar refractivity (Wildman–Crippen MR) is 45.5 cm³/mol. The van der Waals surface area contributed by atoms with Crippen molar-refractivity contribution >= 4 is 7.82 Å². The Morgan fingerprint density at radius 2 is 1.56 bits per heavy atom. The second-order valence-electron chi connectivity index (χ2n) is 4.25. The van der Waals surface area contributed by atoms with Crippen molar-refractivity contribution in [2.24, 2.45) is 5.92 Å². The third-order valence-electron chi connectivity index (χ3n) is 2.29. The lowest BCUT2D eigenvalue weighted by atomic mass is 9.89. The molecule has 0 aromatic rings. The van der Waals surface area contributed by atoms with Crippen LogP contribution in [0.25, 0.3) is 0 Å². The van der Waals surface area contributed by atoms with Crippen LogP contribution in [0.2, 0.25) is 0 Å². The molecular weight excluding hydrogens is 293 g/mol. The Morgan fingerprint density at radius 1 is 1.17 bits per heavy atom. The first-order valence-corrected chi connectivity index (χ1v) is 6.02. The molecule has 1 fully saturated rings. The van der Waals surface area contributed by atoms with Crippen LogP contribution in [0.3, 0.4) is 0 Å². The number of phosphoric ester groups is 1. The molecule has 1 aliphatic rings. The van der Waals surface area contributed by atoms with E-state index >= 15 is 0 Å². The van der Waals surface area contributed by atoms with Gasteiger partial charge in [-0.2, -0.15) is 26.3 Å². The van der Waals surface area contributed by atoms with E-state index in [0.717, 1.165) is 13.8 Å². The Morgan fingerprint density at radius 3 is 1.78 bits per heavy atom. The fourth-order valence-electron chi connectivity index (χ4n) is 1.63. The van der Waals surface area contributed by atoms with Crippen LogP contribution in [0.15, 0.2) is 0 Å². The minimum absolute atomic E-state index is 0.817. The summed E-state index contributed by atoms with van der Waals surface area (Å²) in [7, 11) is -4.91. The molecule has 0 aliphatic carbocycles. The molecule has 0 aromatic carbocycles. The van der Waals surface area contributed by atoms with Gasteiger partial charge in [0.25, 0.3) is 0 Å². The summed E-state index contributed by atoms with van der Waals surface area (Å²) in [6.45, 7) is 1.63. The number of rotatable bonds is 1. The third kappa shape index (κ3) is 3.17. The molecule has 0 spiro atoms. The molecule has 0 amide bonds. The predicted octanol–water partition coefficient (Wildman–Crippen LogP) is 3.02. The molecule has 18 heavy (non-hydrogen) atoms. The Labute approximate surface area is 97.5 Å². The average Bonchev–Trinajstić information content (AvgIpc) is 2.12. The molecule has 2 unspecified atom stereocenters. The fraction of sp³-hybridized carbons (Fsp3) is 1.00. The zero-order chi connectivity index (χ0) is 14.6. The maximum absolute atomic E-state index is 12.4. The van der Waals surface area contributed by atoms with Crippen molar-refractivity contribution in [3.8, 4) is 0 Å². The van der Waals surface area contributed by atoms with Gasteiger partial charge in [-0.25, -0.2) is 4.57 Å². The molecule has 1 aliphatic heterocycles. The monoisotopic (exact) mass is 302 g/mol. The number of halogens is 6. The van der Waals surface area contributed by atoms with E-state index in [1.165, 1.54) is 0 Å². The molecule has 11 heteroatoms. The van der Waals surface area contributed by atoms with Crippen LogP contribution in [0.5, 0.6) is 0 Å². The Hall–Kier alpha value is -0.310. The molecule has 1 saturated heterocycles. The van der Waals surface area contributed by atoms with Gasteiger partial charge in [-0.15, -0.1) is 0 Å². The molecule has 0 aromatic heterocycles. The maximum Gasteiger partial charge on any atom is 0.473 e. The van der Waals surface area contributed by atoms with Gasteiger partial charge in [0.1, 0.15) is 11.7 Å². The molecule has 108 valence electrons. The largest absolute Gasteiger partial charge is 0.473 e. The van der Waals surface area contributed by atoms with Gasteiger partial charge in [-0.3, -0.25) is 9.05 Å². The number of phosphoric acid groups is 1. The minimum atomic E-state index is -5.67. The van der Waals surface area contributed by atoms with E-state index in [-0.39, 0.29) is 0 Å². The first-order valence-electron chi connectivity index (χ1n) is 4.52. The highest BCUT2D eigenvalue weighted by Crippen LogP contribution is 2.61. The van der Waals surface area contributed by atoms with Crippen LogP contribution in [0.4, 0.5) is 26.3 Å². The summed E-state index contributed by atoms with van der Waals surface area (Å²) in [6, 6.07) is 0. The van der Waals surface area contributed by atoms with E-state index in [0.29, 0.717) is 0 Å². The summed E-state index contributed by atoms with van der Waals surface area (Å²) in [4.78, 5) is 8.86. The number of hydrogen-bond donors (Lipinski definition) is 1. The number of alkyl halides is 6. The molecule has 4 nitrogen and oxygen atoms in total. The Kier molecular flexibility index (Phi) is 3.58. The summed E-state index contributed by atoms with van der Waals surface area (Å²) < 4.78 is 93.7. The van der Waals surface area contributed by atoms with Gasteiger partial charge in [0, 0.05) is 0 Å². The van der Waals surface area contributed by atoms with Gasteiger partial charge in [0.2, 0.25) is 0 Å². The molecule has 1 heterocycles. The molecule has 1 N–H and O–H groups in total. The van der Waals surface area contributed by atoms with Crippen molar-refractivity contribution in [1.82, 2.24) is 0 Å². The molecule has 2 atom stereocenters. The highest BCUT2D eigenvalue weighted by Gasteiger charge is 2.68. The second-order valence-corrected chi connectivity index (χ2v) is 5.58. The Bertz CT molecular complexity index is 361. The van der Waals surface area contributed by atoms with Gasteiger partial charge < -0.3 is 4.89 Å². The van der Waals surface area contributed by atoms with Crippen molar-refractivity contribution in [2.75, 3.05) is 0 Å². The topological polar surface area (TPSA) is 55.8 Å². The van der Waals surface area contributed by atoms with Crippen molar-refractivity contribution in [2.45, 2.75) is 37.9 Å². The van der Waals surface area contributed by atoms with Crippen LogP contribution >= 0.6 is 7.82 Å². The van der Waals surface area contributed by atoms with Crippen molar-refractivity contribution < 1.29 is 44.8 Å². The smallest absolute Gasteiger partial charge is 0.302 e. The van der Waals surface area contributed by atoms with Gasteiger partial charge in [0.05, 0.1) is 0 Å². The molecule has 0 bridgehead atoms. The first-order chi connectivity index (χ1) is 7.67. The first kappa shape index (κ1) is 15.7. The summed E-state index contributed by atoms with van der Waals surface area (Å²) in [5, 5.41) is 0. The average molecular weight is 302 g/mol. The van der Waals surface area contributed by atoms with Crippen LogP contribution in [0.1, 0.15) is 13.8 Å². The van der Waals surface area contributed by atoms with Crippen molar-refractivity contribution in [3.63, 3.8) is 0 Å². The quantitative estimate of drug-likeness (QED) is 0.597. The van der Waals surface area contributed by atoms with E-state index in [1.807, 2.05) is 0 Å². The summed E-state index contributed by atoms with van der Waals surface area (Å²) in [6.07, 6.45) is -14.0. The highest BCUT2D eigenvalue weighted by molar-refractivity contribution is 7.47. The lowest BCUT2D eigenvalue weighted by Crippen LogP contribution is -2.52. The molecule has 1 rings (SSSR count). The van der Waals surface area contributed by atoms with Crippen LogP contribution < -0.4 is 0 Å². The van der Waals surface area contributed by atoms with Gasteiger partial charge in [-0.1, -0.05) is 0 Å². The van der Waals surface area contributed by atoms with E-state index in [1.54, 1.807) is 0 Å². The summed E-state index contributed by atoms with van der Waals surface area (Å²) in [5.41, 5.74) is -2.19. The van der Waals surface area contributed by atoms with E-state index in [4.69, 9.17) is 4.89 Å². The van der Waals surface area contributed by atoms with Crippen LogP contribution in [-0.2, 0) is 13.6 Å². The third-order valence-corrected chi connectivity index (χ3v) is 3.49. The zero-order valence-corrected chi connectivity index (χ0v) is 9.94. The lowest BCUT2D eigenvalue weighted by Gasteiger charge is -2.32. The Balaban J connectivity index is 3.20. The fourth-order valence-corrected chi connectivity index (χ4v) is 3.04. The SMILES string of the molecule is CC1(C)OP(=O)(O)OC1C(C(F)(F)F)C(F)(F)F. The summed E-state index contributed by atoms with van der Waals surface area (Å²) in [5.74, 6) is -3.90. The minimum Gasteiger partial charge on any atom is -0.302 e. The van der Waals surface area contributed by atoms with Gasteiger partial charge in [0.15, 0.2) is 5.92 Å².